The molecule has 2 N–H and O–H groups in total. The summed E-state index contributed by atoms with van der Waals surface area (Å²) in [7, 11) is -3.15. The van der Waals surface area contributed by atoms with Crippen LogP contribution in [0.5, 0.6) is 5.88 Å². The minimum atomic E-state index is -3.15. The number of amides is 1. The van der Waals surface area contributed by atoms with Gasteiger partial charge in [0, 0.05) is 17.2 Å². The van der Waals surface area contributed by atoms with Crippen molar-refractivity contribution >= 4 is 26.8 Å². The van der Waals surface area contributed by atoms with Crippen molar-refractivity contribution in [2.45, 2.75) is 64.1 Å². The summed E-state index contributed by atoms with van der Waals surface area (Å²) in [5.74, 6) is -1.84. The molecule has 0 unspecified atom stereocenters. The zero-order valence-electron chi connectivity index (χ0n) is 22.4. The van der Waals surface area contributed by atoms with E-state index in [1.165, 1.54) is 36.6 Å². The van der Waals surface area contributed by atoms with E-state index in [9.17, 15) is 36.3 Å². The van der Waals surface area contributed by atoms with Crippen LogP contribution in [0.1, 0.15) is 56.9 Å². The summed E-state index contributed by atoms with van der Waals surface area (Å²) < 4.78 is 71.1. The first kappa shape index (κ1) is 29.6. The monoisotopic (exact) mass is 584 g/mol. The molecule has 218 valence electrons. The van der Waals surface area contributed by atoms with Gasteiger partial charge in [-0.1, -0.05) is 0 Å². The van der Waals surface area contributed by atoms with Crippen molar-refractivity contribution in [3.63, 3.8) is 0 Å². The maximum absolute atomic E-state index is 15.0. The minimum absolute atomic E-state index is 0.0468. The van der Waals surface area contributed by atoms with Crippen molar-refractivity contribution in [3.05, 3.63) is 52.3 Å². The Morgan fingerprint density at radius 1 is 1.23 bits per heavy atom. The molecule has 3 heterocycles. The molecule has 0 aliphatic carbocycles. The number of imidazole rings is 1. The van der Waals surface area contributed by atoms with Gasteiger partial charge >= 0.3 is 5.69 Å². The summed E-state index contributed by atoms with van der Waals surface area (Å²) in [5, 5.41) is 13.6. The van der Waals surface area contributed by atoms with E-state index in [0.717, 1.165) is 16.8 Å². The average molecular weight is 585 g/mol. The van der Waals surface area contributed by atoms with Crippen molar-refractivity contribution in [2.75, 3.05) is 18.1 Å². The molecular formula is C26H31F3N4O6S. The fourth-order valence-corrected chi connectivity index (χ4v) is 6.28. The van der Waals surface area contributed by atoms with E-state index in [1.54, 1.807) is 13.8 Å². The Bertz CT molecular complexity index is 1600. The number of pyridine rings is 1. The quantitative estimate of drug-likeness (QED) is 0.416. The maximum Gasteiger partial charge on any atom is 0.334 e. The first-order valence-electron chi connectivity index (χ1n) is 12.6. The van der Waals surface area contributed by atoms with Gasteiger partial charge in [-0.3, -0.25) is 13.9 Å². The number of nitrogens with one attached hydrogen (secondary N) is 1. The van der Waals surface area contributed by atoms with Crippen molar-refractivity contribution in [1.82, 2.24) is 19.4 Å². The molecule has 1 atom stereocenters. The first-order chi connectivity index (χ1) is 18.5. The Balaban J connectivity index is 1.82. The van der Waals surface area contributed by atoms with Crippen molar-refractivity contribution in [1.29, 1.82) is 0 Å². The van der Waals surface area contributed by atoms with Crippen molar-refractivity contribution < 1.29 is 36.2 Å². The molecule has 10 nitrogen and oxygen atoms in total. The standard InChI is InChI=1S/C26H31F3N4O6S/c1-15(25(2,3)36)32-20-11-16(23(34)31-26(4)7-9-40(37,38)10-8-26)5-6-18(20)33(24(32)35)19-12-22(30-13-17(19)27)39-14-21(28)29/h5-6,11-13,15,21,36H,7-10,14H2,1-4H3,(H,31,34)/t15-/m1/s1. The van der Waals surface area contributed by atoms with Crippen LogP contribution in [0.3, 0.4) is 0 Å². The Morgan fingerprint density at radius 2 is 1.88 bits per heavy atom. The molecule has 0 radical (unpaired) electrons. The predicted octanol–water partition coefficient (Wildman–Crippen LogP) is 3.00. The number of aromatic nitrogens is 3. The van der Waals surface area contributed by atoms with Crippen LogP contribution in [-0.2, 0) is 9.84 Å². The van der Waals surface area contributed by atoms with E-state index in [4.69, 9.17) is 4.74 Å². The molecule has 0 saturated carbocycles. The molecule has 1 aliphatic rings. The van der Waals surface area contributed by atoms with Crippen LogP contribution in [0.15, 0.2) is 35.3 Å². The number of sulfone groups is 1. The second kappa shape index (κ2) is 10.5. The smallest absolute Gasteiger partial charge is 0.334 e. The third kappa shape index (κ3) is 6.02. The van der Waals surface area contributed by atoms with Crippen LogP contribution in [0.2, 0.25) is 0 Å². The molecule has 0 bridgehead atoms. The molecule has 3 aromatic rings. The lowest BCUT2D eigenvalue weighted by Gasteiger charge is -2.34. The first-order valence-corrected chi connectivity index (χ1v) is 14.4. The lowest BCUT2D eigenvalue weighted by atomic mass is 9.94. The van der Waals surface area contributed by atoms with Gasteiger partial charge in [-0.25, -0.2) is 31.4 Å². The molecule has 14 heteroatoms. The number of alkyl halides is 2. The normalized spacial score (nSPS) is 17.6. The second-order valence-corrected chi connectivity index (χ2v) is 13.2. The number of halogens is 3. The van der Waals surface area contributed by atoms with Gasteiger partial charge in [0.25, 0.3) is 12.3 Å². The molecule has 4 rings (SSSR count). The molecule has 2 aromatic heterocycles. The van der Waals surface area contributed by atoms with Crippen LogP contribution in [-0.4, -0.2) is 69.2 Å². The van der Waals surface area contributed by atoms with E-state index in [0.29, 0.717) is 0 Å². The van der Waals surface area contributed by atoms with Crippen molar-refractivity contribution in [3.8, 4) is 11.6 Å². The summed E-state index contributed by atoms with van der Waals surface area (Å²) in [6, 6.07) is 4.48. The van der Waals surface area contributed by atoms with Gasteiger partial charge in [-0.2, -0.15) is 0 Å². The molecule has 1 fully saturated rings. The largest absolute Gasteiger partial charge is 0.472 e. The van der Waals surface area contributed by atoms with E-state index >= 15 is 0 Å². The number of carbonyl (C=O) groups is 1. The zero-order chi connectivity index (χ0) is 29.6. The highest BCUT2D eigenvalue weighted by atomic mass is 32.2. The third-order valence-electron chi connectivity index (χ3n) is 7.30. The maximum atomic E-state index is 15.0. The number of hydrogen-bond donors (Lipinski definition) is 2. The van der Waals surface area contributed by atoms with E-state index in [-0.39, 0.29) is 52.5 Å². The summed E-state index contributed by atoms with van der Waals surface area (Å²) in [6.07, 6.45) is -1.55. The Morgan fingerprint density at radius 3 is 2.48 bits per heavy atom. The predicted molar refractivity (Wildman–Crippen MR) is 142 cm³/mol. The van der Waals surface area contributed by atoms with Crippen LogP contribution in [0, 0.1) is 5.82 Å². The molecular weight excluding hydrogens is 553 g/mol. The number of aliphatic hydroxyl groups is 1. The van der Waals surface area contributed by atoms with E-state index in [2.05, 4.69) is 10.3 Å². The Labute approximate surface area is 228 Å². The van der Waals surface area contributed by atoms with Crippen LogP contribution < -0.4 is 15.7 Å². The average Bonchev–Trinajstić information content (AvgIpc) is 3.15. The van der Waals surface area contributed by atoms with Gasteiger partial charge in [-0.15, -0.1) is 0 Å². The Hall–Kier alpha value is -3.39. The van der Waals surface area contributed by atoms with Crippen LogP contribution in [0.25, 0.3) is 16.7 Å². The summed E-state index contributed by atoms with van der Waals surface area (Å²) in [6.45, 7) is 5.35. The second-order valence-electron chi connectivity index (χ2n) is 10.9. The molecule has 0 spiro atoms. The van der Waals surface area contributed by atoms with Crippen molar-refractivity contribution in [2.24, 2.45) is 0 Å². The number of hydrogen-bond acceptors (Lipinski definition) is 7. The fraction of sp³-hybridized carbons (Fsp3) is 0.500. The van der Waals surface area contributed by atoms with Gasteiger partial charge in [0.2, 0.25) is 5.88 Å². The van der Waals surface area contributed by atoms with Gasteiger partial charge in [0.05, 0.1) is 46.1 Å². The number of fused-ring (bicyclic) bond motifs is 1. The minimum Gasteiger partial charge on any atom is -0.472 e. The van der Waals surface area contributed by atoms with Gasteiger partial charge in [0.15, 0.2) is 12.4 Å². The molecule has 40 heavy (non-hydrogen) atoms. The van der Waals surface area contributed by atoms with Crippen LogP contribution >= 0.6 is 0 Å². The number of rotatable bonds is 8. The summed E-state index contributed by atoms with van der Waals surface area (Å²) >= 11 is 0. The SMILES string of the molecule is C[C@@H](n1c(=O)n(-c2cc(OCC(F)F)ncc2F)c2ccc(C(=O)NC3(C)CCS(=O)(=O)CC3)cc21)C(C)(C)O. The number of benzene rings is 1. The summed E-state index contributed by atoms with van der Waals surface area (Å²) in [4.78, 5) is 30.6. The summed E-state index contributed by atoms with van der Waals surface area (Å²) in [5.41, 5.74) is -2.69. The highest BCUT2D eigenvalue weighted by Gasteiger charge is 2.35. The van der Waals surface area contributed by atoms with Crippen LogP contribution in [0.4, 0.5) is 13.2 Å². The third-order valence-corrected chi connectivity index (χ3v) is 8.95. The highest BCUT2D eigenvalue weighted by Crippen LogP contribution is 2.30. The topological polar surface area (TPSA) is 133 Å². The van der Waals surface area contributed by atoms with Gasteiger partial charge in [0.1, 0.15) is 9.84 Å². The molecule has 1 aromatic carbocycles. The number of nitrogens with zero attached hydrogens (tertiary/aromatic N) is 3. The lowest BCUT2D eigenvalue weighted by molar-refractivity contribution is 0.0307. The highest BCUT2D eigenvalue weighted by molar-refractivity contribution is 7.91. The van der Waals surface area contributed by atoms with Gasteiger partial charge in [-0.05, 0) is 58.7 Å². The number of carbonyl (C=O) groups excluding carboxylic acids is 1. The van der Waals surface area contributed by atoms with E-state index in [1.807, 2.05) is 0 Å². The number of ether oxygens (including phenoxy) is 1. The van der Waals surface area contributed by atoms with E-state index < -0.39 is 57.5 Å². The Kier molecular flexibility index (Phi) is 7.80. The molecule has 1 aliphatic heterocycles. The van der Waals surface area contributed by atoms with Gasteiger partial charge < -0.3 is 15.2 Å². The fourth-order valence-electron chi connectivity index (χ4n) is 4.55. The molecule has 1 saturated heterocycles. The molecule has 1 amide bonds. The lowest BCUT2D eigenvalue weighted by Crippen LogP contribution is -2.50. The zero-order valence-corrected chi connectivity index (χ0v) is 23.3.